The number of H-pyrrole nitrogens is 1. The van der Waals surface area contributed by atoms with Crippen LogP contribution in [0.25, 0.3) is 0 Å². The summed E-state index contributed by atoms with van der Waals surface area (Å²) in [4.78, 5) is 14.6. The molecule has 1 amide bonds. The van der Waals surface area contributed by atoms with E-state index in [0.717, 1.165) is 12.3 Å². The van der Waals surface area contributed by atoms with Crippen LogP contribution >= 0.6 is 0 Å². The fourth-order valence-corrected chi connectivity index (χ4v) is 3.71. The molecule has 140 valence electrons. The molecular formula is C16H19FN4O4S. The lowest BCUT2D eigenvalue weighted by Crippen LogP contribution is -2.34. The molecule has 10 heteroatoms. The monoisotopic (exact) mass is 382 g/mol. The number of carbonyl (C=O) groups is 1. The van der Waals surface area contributed by atoms with Crippen molar-refractivity contribution in [3.05, 3.63) is 48.0 Å². The van der Waals surface area contributed by atoms with Crippen LogP contribution in [-0.4, -0.2) is 50.2 Å². The van der Waals surface area contributed by atoms with Gasteiger partial charge in [-0.25, -0.2) is 12.8 Å². The van der Waals surface area contributed by atoms with Gasteiger partial charge in [0.15, 0.2) is 0 Å². The van der Waals surface area contributed by atoms with Crippen molar-refractivity contribution in [1.29, 1.82) is 0 Å². The van der Waals surface area contributed by atoms with Crippen LogP contribution in [0, 0.1) is 11.7 Å². The zero-order valence-corrected chi connectivity index (χ0v) is 14.5. The molecule has 1 aliphatic heterocycles. The third-order valence-electron chi connectivity index (χ3n) is 4.16. The number of benzene rings is 1. The smallest absolute Gasteiger partial charge is 0.267 e. The average molecular weight is 382 g/mol. The summed E-state index contributed by atoms with van der Waals surface area (Å²) < 4.78 is 40.4. The Hall–Kier alpha value is -2.43. The topological polar surface area (TPSA) is 123 Å². The number of sulfonamides is 1. The van der Waals surface area contributed by atoms with Crippen LogP contribution in [0.4, 0.5) is 10.1 Å². The van der Waals surface area contributed by atoms with Gasteiger partial charge in [-0.3, -0.25) is 9.52 Å². The summed E-state index contributed by atoms with van der Waals surface area (Å²) >= 11 is 0. The number of amides is 1. The molecule has 1 aliphatic rings. The molecule has 1 saturated heterocycles. The number of hydrogen-bond acceptors (Lipinski definition) is 5. The fourth-order valence-electron chi connectivity index (χ4n) is 2.65. The highest BCUT2D eigenvalue weighted by Gasteiger charge is 2.26. The second-order valence-corrected chi connectivity index (χ2v) is 7.71. The summed E-state index contributed by atoms with van der Waals surface area (Å²) in [7, 11) is -4.04. The van der Waals surface area contributed by atoms with Gasteiger partial charge in [0, 0.05) is 31.7 Å². The van der Waals surface area contributed by atoms with E-state index >= 15 is 0 Å². The molecule has 0 spiro atoms. The molecule has 2 unspecified atom stereocenters. The molecule has 2 aromatic rings. The minimum Gasteiger partial charge on any atom is -0.391 e. The summed E-state index contributed by atoms with van der Waals surface area (Å²) in [6.07, 6.45) is 0.629. The zero-order valence-electron chi connectivity index (χ0n) is 13.7. The van der Waals surface area contributed by atoms with Gasteiger partial charge in [0.05, 0.1) is 11.8 Å². The Morgan fingerprint density at radius 1 is 1.31 bits per heavy atom. The first-order valence-corrected chi connectivity index (χ1v) is 9.48. The Balaban J connectivity index is 1.66. The maximum atomic E-state index is 13.6. The van der Waals surface area contributed by atoms with Gasteiger partial charge in [-0.2, -0.15) is 0 Å². The first-order valence-electron chi connectivity index (χ1n) is 7.99. The van der Waals surface area contributed by atoms with Crippen LogP contribution in [0.3, 0.4) is 0 Å². The highest BCUT2D eigenvalue weighted by Crippen LogP contribution is 2.19. The quantitative estimate of drug-likeness (QED) is 0.491. The van der Waals surface area contributed by atoms with Crippen LogP contribution in [0.5, 0.6) is 0 Å². The number of carbonyl (C=O) groups excluding carboxylic acids is 1. The summed E-state index contributed by atoms with van der Waals surface area (Å²) in [5.74, 6) is -1.29. The first-order chi connectivity index (χ1) is 12.4. The van der Waals surface area contributed by atoms with Crippen molar-refractivity contribution in [3.63, 3.8) is 0 Å². The van der Waals surface area contributed by atoms with E-state index in [0.29, 0.717) is 13.1 Å². The fraction of sp³-hybridized carbons (Fsp3) is 0.312. The van der Waals surface area contributed by atoms with Gasteiger partial charge in [0.25, 0.3) is 15.9 Å². The predicted molar refractivity (Wildman–Crippen MR) is 92.7 cm³/mol. The molecule has 1 fully saturated rings. The minimum atomic E-state index is -4.04. The van der Waals surface area contributed by atoms with E-state index in [2.05, 4.69) is 20.3 Å². The highest BCUT2D eigenvalue weighted by atomic mass is 32.2. The number of hydrogen-bond donors (Lipinski definition) is 5. The number of aromatic nitrogens is 1. The lowest BCUT2D eigenvalue weighted by atomic mass is 10.1. The maximum absolute atomic E-state index is 13.6. The molecular weight excluding hydrogens is 363 g/mol. The first kappa shape index (κ1) is 18.4. The number of rotatable bonds is 6. The number of para-hydroxylation sites is 1. The third kappa shape index (κ3) is 4.03. The standard InChI is InChI=1S/C16H19FN4O4S/c17-12-3-1-2-4-13(12)21-26(24,25)11-5-14(19-8-11)16(23)20-7-10-6-18-9-15(10)22/h1-5,8,10,15,18-19,21-22H,6-7,9H2,(H,20,23). The molecule has 8 nitrogen and oxygen atoms in total. The highest BCUT2D eigenvalue weighted by molar-refractivity contribution is 7.92. The molecule has 1 aromatic heterocycles. The van der Waals surface area contributed by atoms with Crippen LogP contribution in [-0.2, 0) is 10.0 Å². The van der Waals surface area contributed by atoms with Gasteiger partial charge in [-0.05, 0) is 18.2 Å². The second-order valence-electron chi connectivity index (χ2n) is 6.03. The lowest BCUT2D eigenvalue weighted by molar-refractivity contribution is 0.0922. The van der Waals surface area contributed by atoms with E-state index in [1.807, 2.05) is 0 Å². The molecule has 0 radical (unpaired) electrons. The Morgan fingerprint density at radius 2 is 2.08 bits per heavy atom. The van der Waals surface area contributed by atoms with Crippen LogP contribution in [0.15, 0.2) is 41.4 Å². The molecule has 0 aliphatic carbocycles. The Labute approximate surface area is 149 Å². The van der Waals surface area contributed by atoms with Gasteiger partial charge >= 0.3 is 0 Å². The number of aliphatic hydroxyl groups excluding tert-OH is 1. The van der Waals surface area contributed by atoms with Gasteiger partial charge < -0.3 is 20.7 Å². The molecule has 1 aromatic carbocycles. The average Bonchev–Trinajstić information content (AvgIpc) is 3.24. The Kier molecular flexibility index (Phi) is 5.25. The number of halogens is 1. The lowest BCUT2D eigenvalue weighted by Gasteiger charge is -2.13. The van der Waals surface area contributed by atoms with E-state index < -0.39 is 27.9 Å². The van der Waals surface area contributed by atoms with Crippen molar-refractivity contribution in [3.8, 4) is 0 Å². The Bertz CT molecular complexity index is 899. The summed E-state index contributed by atoms with van der Waals surface area (Å²) in [6, 6.07) is 6.56. The summed E-state index contributed by atoms with van der Waals surface area (Å²) in [5.41, 5.74) is -0.123. The third-order valence-corrected chi connectivity index (χ3v) is 5.50. The van der Waals surface area contributed by atoms with Crippen molar-refractivity contribution in [2.75, 3.05) is 24.4 Å². The van der Waals surface area contributed by atoms with E-state index in [-0.39, 0.29) is 28.7 Å². The number of anilines is 1. The largest absolute Gasteiger partial charge is 0.391 e. The van der Waals surface area contributed by atoms with Crippen molar-refractivity contribution in [2.24, 2.45) is 5.92 Å². The van der Waals surface area contributed by atoms with E-state index in [4.69, 9.17) is 0 Å². The number of β-amino-alcohol motifs (C(OH)–C–C–N with tert-alkyl or cyclic N) is 1. The van der Waals surface area contributed by atoms with E-state index in [1.54, 1.807) is 0 Å². The van der Waals surface area contributed by atoms with Crippen LogP contribution in [0.1, 0.15) is 10.5 Å². The zero-order chi connectivity index (χ0) is 18.7. The second kappa shape index (κ2) is 7.44. The normalized spacial score (nSPS) is 20.1. The molecule has 3 rings (SSSR count). The van der Waals surface area contributed by atoms with Crippen molar-refractivity contribution in [1.82, 2.24) is 15.6 Å². The number of aromatic amines is 1. The van der Waals surface area contributed by atoms with Gasteiger partial charge in [0.1, 0.15) is 16.4 Å². The molecule has 2 atom stereocenters. The van der Waals surface area contributed by atoms with Gasteiger partial charge in [-0.15, -0.1) is 0 Å². The summed E-state index contributed by atoms with van der Waals surface area (Å²) in [6.45, 7) is 1.34. The van der Waals surface area contributed by atoms with E-state index in [1.165, 1.54) is 24.3 Å². The van der Waals surface area contributed by atoms with Crippen molar-refractivity contribution < 1.29 is 22.7 Å². The molecule has 26 heavy (non-hydrogen) atoms. The van der Waals surface area contributed by atoms with Crippen molar-refractivity contribution >= 4 is 21.6 Å². The van der Waals surface area contributed by atoms with Gasteiger partial charge in [-0.1, -0.05) is 12.1 Å². The Morgan fingerprint density at radius 3 is 2.77 bits per heavy atom. The SMILES string of the molecule is O=C(NCC1CNCC1O)c1cc(S(=O)(=O)Nc2ccccc2F)c[nH]1. The van der Waals surface area contributed by atoms with Gasteiger partial charge in [0.2, 0.25) is 0 Å². The molecule has 0 bridgehead atoms. The van der Waals surface area contributed by atoms with E-state index in [9.17, 15) is 22.7 Å². The molecule has 0 saturated carbocycles. The molecule has 2 heterocycles. The maximum Gasteiger partial charge on any atom is 0.267 e. The van der Waals surface area contributed by atoms with Crippen molar-refractivity contribution in [2.45, 2.75) is 11.0 Å². The number of aliphatic hydroxyl groups is 1. The predicted octanol–water partition coefficient (Wildman–Crippen LogP) is 0.265. The van der Waals surface area contributed by atoms with Crippen LogP contribution in [0.2, 0.25) is 0 Å². The molecule has 5 N–H and O–H groups in total. The van der Waals surface area contributed by atoms with Crippen LogP contribution < -0.4 is 15.4 Å². The summed E-state index contributed by atoms with van der Waals surface area (Å²) in [5, 5.41) is 15.4. The minimum absolute atomic E-state index is 0.0550. The number of nitrogens with one attached hydrogen (secondary N) is 4.